The number of benzene rings is 1. The number of carbonyl (C=O) groups is 2. The van der Waals surface area contributed by atoms with Crippen molar-refractivity contribution in [3.63, 3.8) is 0 Å². The Kier molecular flexibility index (Phi) is 2.35. The molecule has 0 fully saturated rings. The van der Waals surface area contributed by atoms with Crippen molar-refractivity contribution < 1.29 is 19.4 Å². The van der Waals surface area contributed by atoms with E-state index < -0.39 is 18.0 Å². The van der Waals surface area contributed by atoms with Crippen LogP contribution in [0.1, 0.15) is 10.4 Å². The molecule has 1 N–H and O–H groups in total. The third-order valence-electron chi connectivity index (χ3n) is 2.04. The Morgan fingerprint density at radius 1 is 1.27 bits per heavy atom. The number of ketones is 1. The van der Waals surface area contributed by atoms with Crippen LogP contribution in [0.2, 0.25) is 0 Å². The van der Waals surface area contributed by atoms with Crippen molar-refractivity contribution in [2.24, 2.45) is 0 Å². The lowest BCUT2D eigenvalue weighted by atomic mass is 10.0. The minimum atomic E-state index is -1.31. The second kappa shape index (κ2) is 3.67. The molecule has 0 bridgehead atoms. The van der Waals surface area contributed by atoms with E-state index in [1.807, 2.05) is 0 Å². The summed E-state index contributed by atoms with van der Waals surface area (Å²) in [5, 5.41) is 8.99. The van der Waals surface area contributed by atoms with Crippen LogP contribution in [0.25, 0.3) is 0 Å². The number of aliphatic hydroxyl groups is 1. The second-order valence-corrected chi connectivity index (χ2v) is 3.07. The number of esters is 1. The number of ether oxygens (including phenoxy) is 1. The highest BCUT2D eigenvalue weighted by Crippen LogP contribution is 2.16. The first kappa shape index (κ1) is 9.61. The van der Waals surface area contributed by atoms with Gasteiger partial charge in [-0.1, -0.05) is 30.3 Å². The molecule has 0 radical (unpaired) electrons. The highest BCUT2D eigenvalue weighted by molar-refractivity contribution is 6.25. The maximum atomic E-state index is 11.7. The summed E-state index contributed by atoms with van der Waals surface area (Å²) in [5.41, 5.74) is 0.281. The molecule has 1 unspecified atom stereocenters. The van der Waals surface area contributed by atoms with Crippen molar-refractivity contribution in [2.45, 2.75) is 6.29 Å². The molecule has 0 aromatic heterocycles. The molecule has 4 nitrogen and oxygen atoms in total. The molecule has 2 rings (SSSR count). The third-order valence-corrected chi connectivity index (χ3v) is 2.04. The van der Waals surface area contributed by atoms with Gasteiger partial charge in [0.2, 0.25) is 6.29 Å². The van der Waals surface area contributed by atoms with E-state index in [4.69, 9.17) is 5.11 Å². The summed E-state index contributed by atoms with van der Waals surface area (Å²) >= 11 is 0. The smallest absolute Gasteiger partial charge is 0.344 e. The first-order chi connectivity index (χ1) is 7.18. The molecule has 1 aliphatic rings. The van der Waals surface area contributed by atoms with Gasteiger partial charge in [-0.3, -0.25) is 4.79 Å². The molecule has 1 aromatic rings. The summed E-state index contributed by atoms with van der Waals surface area (Å²) in [6.07, 6.45) is -0.197. The number of hydrogen-bond acceptors (Lipinski definition) is 4. The minimum absolute atomic E-state index is 0.117. The van der Waals surface area contributed by atoms with E-state index in [1.54, 1.807) is 30.3 Å². The molecular weight excluding hydrogens is 196 g/mol. The van der Waals surface area contributed by atoms with E-state index in [9.17, 15) is 9.59 Å². The maximum Gasteiger partial charge on any atom is 0.344 e. The number of Topliss-reactive ketones (excluding diaryl/α,β-unsaturated/α-hetero) is 1. The molecule has 1 heterocycles. The van der Waals surface area contributed by atoms with Crippen LogP contribution < -0.4 is 0 Å². The number of hydrogen-bond donors (Lipinski definition) is 1. The monoisotopic (exact) mass is 204 g/mol. The zero-order chi connectivity index (χ0) is 10.8. The van der Waals surface area contributed by atoms with Crippen LogP contribution in [0.5, 0.6) is 0 Å². The van der Waals surface area contributed by atoms with Gasteiger partial charge in [-0.15, -0.1) is 0 Å². The van der Waals surface area contributed by atoms with Gasteiger partial charge in [-0.05, 0) is 0 Å². The molecule has 0 saturated carbocycles. The van der Waals surface area contributed by atoms with Gasteiger partial charge in [-0.25, -0.2) is 4.79 Å². The fourth-order valence-corrected chi connectivity index (χ4v) is 1.33. The Bertz CT molecular complexity index is 433. The summed E-state index contributed by atoms with van der Waals surface area (Å²) < 4.78 is 4.42. The van der Waals surface area contributed by atoms with Gasteiger partial charge in [-0.2, -0.15) is 0 Å². The van der Waals surface area contributed by atoms with Crippen LogP contribution >= 0.6 is 0 Å². The summed E-state index contributed by atoms with van der Waals surface area (Å²) in [6.45, 7) is 0. The van der Waals surface area contributed by atoms with Crippen molar-refractivity contribution in [1.29, 1.82) is 0 Å². The molecule has 1 aromatic carbocycles. The van der Waals surface area contributed by atoms with Gasteiger partial charge < -0.3 is 9.84 Å². The Morgan fingerprint density at radius 3 is 2.47 bits per heavy atom. The predicted octanol–water partition coefficient (Wildman–Crippen LogP) is 0.671. The van der Waals surface area contributed by atoms with Crippen LogP contribution in [0.4, 0.5) is 0 Å². The molecular formula is C11H8O4. The number of aliphatic hydroxyl groups excluding tert-OH is 1. The van der Waals surface area contributed by atoms with Crippen LogP contribution in [0.15, 0.2) is 42.0 Å². The van der Waals surface area contributed by atoms with Crippen molar-refractivity contribution in [1.82, 2.24) is 0 Å². The largest absolute Gasteiger partial charge is 0.428 e. The zero-order valence-electron chi connectivity index (χ0n) is 7.71. The van der Waals surface area contributed by atoms with Gasteiger partial charge in [0.05, 0.1) is 0 Å². The van der Waals surface area contributed by atoms with E-state index in [-0.39, 0.29) is 5.57 Å². The number of rotatable bonds is 2. The predicted molar refractivity (Wildman–Crippen MR) is 51.0 cm³/mol. The van der Waals surface area contributed by atoms with Crippen LogP contribution in [0.3, 0.4) is 0 Å². The SMILES string of the molecule is O=C1OC(O)C=C1C(=O)c1ccccc1. The molecule has 1 atom stereocenters. The fourth-order valence-electron chi connectivity index (χ4n) is 1.33. The maximum absolute atomic E-state index is 11.7. The van der Waals surface area contributed by atoms with Crippen molar-refractivity contribution in [3.05, 3.63) is 47.5 Å². The standard InChI is InChI=1S/C11H8O4/c12-9-6-8(11(14)15-9)10(13)7-4-2-1-3-5-7/h1-6,9,12H. The van der Waals surface area contributed by atoms with Gasteiger partial charge in [0.15, 0.2) is 5.78 Å². The zero-order valence-corrected chi connectivity index (χ0v) is 7.71. The Morgan fingerprint density at radius 2 is 1.93 bits per heavy atom. The van der Waals surface area contributed by atoms with Gasteiger partial charge >= 0.3 is 5.97 Å². The fraction of sp³-hybridized carbons (Fsp3) is 0.0909. The normalized spacial score (nSPS) is 19.7. The molecule has 0 saturated heterocycles. The molecule has 0 aliphatic carbocycles. The highest BCUT2D eigenvalue weighted by Gasteiger charge is 2.29. The average Bonchev–Trinajstić information content (AvgIpc) is 2.58. The van der Waals surface area contributed by atoms with Crippen LogP contribution in [0, 0.1) is 0 Å². The van der Waals surface area contributed by atoms with Crippen LogP contribution in [-0.2, 0) is 9.53 Å². The molecule has 76 valence electrons. The van der Waals surface area contributed by atoms with Crippen molar-refractivity contribution >= 4 is 11.8 Å². The molecule has 1 aliphatic heterocycles. The summed E-state index contributed by atoms with van der Waals surface area (Å²) in [7, 11) is 0. The van der Waals surface area contributed by atoms with E-state index in [0.717, 1.165) is 6.08 Å². The number of cyclic esters (lactones) is 1. The lowest BCUT2D eigenvalue weighted by Crippen LogP contribution is -2.11. The third kappa shape index (κ3) is 1.80. The Hall–Kier alpha value is -1.94. The topological polar surface area (TPSA) is 63.6 Å². The van der Waals surface area contributed by atoms with Gasteiger partial charge in [0.25, 0.3) is 0 Å². The molecule has 15 heavy (non-hydrogen) atoms. The molecule has 0 spiro atoms. The Balaban J connectivity index is 2.30. The average molecular weight is 204 g/mol. The molecule has 0 amide bonds. The molecule has 4 heteroatoms. The van der Waals surface area contributed by atoms with Crippen molar-refractivity contribution in [2.75, 3.05) is 0 Å². The van der Waals surface area contributed by atoms with Gasteiger partial charge in [0, 0.05) is 11.6 Å². The van der Waals surface area contributed by atoms with Crippen LogP contribution in [-0.4, -0.2) is 23.1 Å². The quantitative estimate of drug-likeness (QED) is 0.437. The summed E-state index contributed by atoms with van der Waals surface area (Å²) in [5.74, 6) is -1.21. The van der Waals surface area contributed by atoms with E-state index >= 15 is 0 Å². The summed E-state index contributed by atoms with van der Waals surface area (Å²) in [6, 6.07) is 8.37. The lowest BCUT2D eigenvalue weighted by Gasteiger charge is -1.98. The van der Waals surface area contributed by atoms with E-state index in [1.165, 1.54) is 0 Å². The second-order valence-electron chi connectivity index (χ2n) is 3.07. The number of carbonyl (C=O) groups excluding carboxylic acids is 2. The Labute approximate surface area is 85.8 Å². The highest BCUT2D eigenvalue weighted by atomic mass is 16.6. The van der Waals surface area contributed by atoms with E-state index in [0.29, 0.717) is 5.56 Å². The lowest BCUT2D eigenvalue weighted by molar-refractivity contribution is -0.150. The van der Waals surface area contributed by atoms with Crippen molar-refractivity contribution in [3.8, 4) is 0 Å². The summed E-state index contributed by atoms with van der Waals surface area (Å²) in [4.78, 5) is 22.9. The van der Waals surface area contributed by atoms with Gasteiger partial charge in [0.1, 0.15) is 5.57 Å². The first-order valence-corrected chi connectivity index (χ1v) is 4.39. The minimum Gasteiger partial charge on any atom is -0.428 e. The van der Waals surface area contributed by atoms with E-state index in [2.05, 4.69) is 4.74 Å². The first-order valence-electron chi connectivity index (χ1n) is 4.39.